The Morgan fingerprint density at radius 2 is 2.13 bits per heavy atom. The highest BCUT2D eigenvalue weighted by Gasteiger charge is 2.09. The predicted octanol–water partition coefficient (Wildman–Crippen LogP) is 3.62. The fraction of sp³-hybridized carbons (Fsp3) is 0.125. The number of oxazole rings is 1. The number of nitrogens with one attached hydrogen (secondary N) is 2. The maximum absolute atomic E-state index is 12.3. The van der Waals surface area contributed by atoms with Crippen LogP contribution in [-0.4, -0.2) is 21.4 Å². The highest BCUT2D eigenvalue weighted by atomic mass is 32.2. The predicted molar refractivity (Wildman–Crippen MR) is 93.6 cm³/mol. The number of hydrogen-bond donors (Lipinski definition) is 2. The lowest BCUT2D eigenvalue weighted by Crippen LogP contribution is -2.12. The van der Waals surface area contributed by atoms with Gasteiger partial charge in [-0.25, -0.2) is 0 Å². The Bertz CT molecular complexity index is 959. The van der Waals surface area contributed by atoms with Crippen LogP contribution in [0.3, 0.4) is 0 Å². The molecule has 0 saturated heterocycles. The summed E-state index contributed by atoms with van der Waals surface area (Å²) < 4.78 is 16.6. The second-order valence-electron chi connectivity index (χ2n) is 5.10. The Kier molecular flexibility index (Phi) is 4.40. The summed E-state index contributed by atoms with van der Waals surface area (Å²) in [7, 11) is -0.925. The van der Waals surface area contributed by atoms with E-state index < -0.39 is 10.8 Å². The molecule has 0 spiro atoms. The molecule has 5 nitrogen and oxygen atoms in total. The van der Waals surface area contributed by atoms with Crippen molar-refractivity contribution in [2.75, 3.05) is 11.6 Å². The largest absolute Gasteiger partial charge is 0.429 e. The summed E-state index contributed by atoms with van der Waals surface area (Å²) >= 11 is 4.93. The first-order chi connectivity index (χ1) is 11.0. The molecule has 118 valence electrons. The van der Waals surface area contributed by atoms with Crippen molar-refractivity contribution >= 4 is 45.7 Å². The van der Waals surface area contributed by atoms with Crippen LogP contribution in [0.2, 0.25) is 0 Å². The maximum atomic E-state index is 12.3. The van der Waals surface area contributed by atoms with Crippen LogP contribution in [0, 0.1) is 4.84 Å². The minimum Gasteiger partial charge on any atom is -0.429 e. The van der Waals surface area contributed by atoms with Crippen LogP contribution in [0.4, 0.5) is 5.69 Å². The van der Waals surface area contributed by atoms with E-state index in [-0.39, 0.29) is 10.7 Å². The Morgan fingerprint density at radius 3 is 2.91 bits per heavy atom. The molecular weight excluding hydrogens is 332 g/mol. The Morgan fingerprint density at radius 1 is 1.30 bits per heavy atom. The third kappa shape index (κ3) is 3.75. The fourth-order valence-corrected chi connectivity index (χ4v) is 3.11. The Labute approximate surface area is 140 Å². The molecule has 0 bridgehead atoms. The molecule has 3 rings (SSSR count). The standard InChI is InChI=1S/C16H14N2O3S2/c1-23(20)9-10-3-2-4-12(7-10)17-15(19)11-5-6-13-14(8-11)21-16(22)18-13/h2-8H,9H2,1H3,(H,17,19)(H,18,22). The Hall–Kier alpha value is -2.25. The number of aromatic nitrogens is 1. The number of carbonyl (C=O) groups is 1. The second kappa shape index (κ2) is 6.47. The Balaban J connectivity index is 1.82. The average molecular weight is 346 g/mol. The van der Waals surface area contributed by atoms with Crippen molar-refractivity contribution in [3.05, 3.63) is 58.4 Å². The van der Waals surface area contributed by atoms with Gasteiger partial charge in [0.05, 0.1) is 5.52 Å². The molecule has 3 aromatic rings. The van der Waals surface area contributed by atoms with Gasteiger partial charge in [0.1, 0.15) is 0 Å². The third-order valence-corrected chi connectivity index (χ3v) is 4.16. The van der Waals surface area contributed by atoms with E-state index in [2.05, 4.69) is 10.3 Å². The summed E-state index contributed by atoms with van der Waals surface area (Å²) in [5.74, 6) is 0.212. The molecule has 1 heterocycles. The van der Waals surface area contributed by atoms with E-state index in [1.807, 2.05) is 18.2 Å². The first-order valence-electron chi connectivity index (χ1n) is 6.84. The van der Waals surface area contributed by atoms with Crippen LogP contribution in [0.5, 0.6) is 0 Å². The SMILES string of the molecule is CS(=O)Cc1cccc(NC(=O)c2ccc3[nH]c(=S)oc3c2)c1. The summed E-state index contributed by atoms with van der Waals surface area (Å²) in [5, 5.41) is 2.83. The molecule has 2 N–H and O–H groups in total. The topological polar surface area (TPSA) is 75.1 Å². The molecule has 0 aliphatic carbocycles. The zero-order valence-electron chi connectivity index (χ0n) is 12.3. The van der Waals surface area contributed by atoms with Crippen molar-refractivity contribution in [3.63, 3.8) is 0 Å². The van der Waals surface area contributed by atoms with Crippen molar-refractivity contribution in [1.29, 1.82) is 0 Å². The quantitative estimate of drug-likeness (QED) is 0.708. The molecule has 1 atom stereocenters. The molecule has 1 unspecified atom stereocenters. The van der Waals surface area contributed by atoms with Crippen LogP contribution in [-0.2, 0) is 16.6 Å². The molecule has 0 aliphatic heterocycles. The molecule has 0 aliphatic rings. The number of hydrogen-bond acceptors (Lipinski definition) is 4. The molecule has 0 radical (unpaired) electrons. The number of benzene rings is 2. The van der Waals surface area contributed by atoms with Crippen molar-refractivity contribution in [2.45, 2.75) is 5.75 Å². The molecule has 23 heavy (non-hydrogen) atoms. The summed E-state index contributed by atoms with van der Waals surface area (Å²) in [6, 6.07) is 12.4. The van der Waals surface area contributed by atoms with Gasteiger partial charge in [-0.05, 0) is 48.1 Å². The van der Waals surface area contributed by atoms with Crippen LogP contribution < -0.4 is 5.32 Å². The summed E-state index contributed by atoms with van der Waals surface area (Å²) in [4.78, 5) is 15.5. The van der Waals surface area contributed by atoms with Crippen LogP contribution >= 0.6 is 12.2 Å². The van der Waals surface area contributed by atoms with Crippen molar-refractivity contribution in [2.24, 2.45) is 0 Å². The van der Waals surface area contributed by atoms with Crippen LogP contribution in [0.15, 0.2) is 46.9 Å². The van der Waals surface area contributed by atoms with E-state index in [0.717, 1.165) is 11.1 Å². The first kappa shape index (κ1) is 15.6. The molecule has 1 aromatic heterocycles. The van der Waals surface area contributed by atoms with Crippen molar-refractivity contribution in [3.8, 4) is 0 Å². The summed E-state index contributed by atoms with van der Waals surface area (Å²) in [5.41, 5.74) is 3.33. The van der Waals surface area contributed by atoms with Gasteiger partial charge in [0.2, 0.25) is 0 Å². The molecule has 2 aromatic carbocycles. The molecule has 0 fully saturated rings. The minimum atomic E-state index is -0.925. The van der Waals surface area contributed by atoms with Crippen molar-refractivity contribution in [1.82, 2.24) is 4.98 Å². The maximum Gasteiger partial charge on any atom is 0.266 e. The van der Waals surface area contributed by atoms with E-state index in [1.54, 1.807) is 30.5 Å². The van der Waals surface area contributed by atoms with Gasteiger partial charge in [0.25, 0.3) is 10.7 Å². The zero-order chi connectivity index (χ0) is 16.4. The number of H-pyrrole nitrogens is 1. The van der Waals surface area contributed by atoms with E-state index in [0.29, 0.717) is 22.6 Å². The summed E-state index contributed by atoms with van der Waals surface area (Å²) in [6.45, 7) is 0. The monoisotopic (exact) mass is 346 g/mol. The van der Waals surface area contributed by atoms with Gasteiger partial charge in [0, 0.05) is 34.1 Å². The van der Waals surface area contributed by atoms with Crippen molar-refractivity contribution < 1.29 is 13.4 Å². The smallest absolute Gasteiger partial charge is 0.266 e. The number of aromatic amines is 1. The van der Waals surface area contributed by atoms with Gasteiger partial charge in [-0.3, -0.25) is 9.00 Å². The van der Waals surface area contributed by atoms with Gasteiger partial charge in [-0.15, -0.1) is 0 Å². The van der Waals surface area contributed by atoms with Gasteiger partial charge in [0.15, 0.2) is 5.58 Å². The lowest BCUT2D eigenvalue weighted by molar-refractivity contribution is 0.102. The van der Waals surface area contributed by atoms with Crippen LogP contribution in [0.25, 0.3) is 11.1 Å². The third-order valence-electron chi connectivity index (χ3n) is 3.24. The van der Waals surface area contributed by atoms with Gasteiger partial charge < -0.3 is 14.7 Å². The van der Waals surface area contributed by atoms with Crippen LogP contribution in [0.1, 0.15) is 15.9 Å². The number of carbonyl (C=O) groups excluding carboxylic acids is 1. The van der Waals surface area contributed by atoms with E-state index in [1.165, 1.54) is 0 Å². The molecular formula is C16H14N2O3S2. The van der Waals surface area contributed by atoms with Gasteiger partial charge in [-0.1, -0.05) is 12.1 Å². The minimum absolute atomic E-state index is 0.246. The lowest BCUT2D eigenvalue weighted by Gasteiger charge is -2.07. The van der Waals surface area contributed by atoms with E-state index in [9.17, 15) is 9.00 Å². The lowest BCUT2D eigenvalue weighted by atomic mass is 10.1. The van der Waals surface area contributed by atoms with E-state index in [4.69, 9.17) is 16.6 Å². The second-order valence-corrected chi connectivity index (χ2v) is 6.90. The normalized spacial score (nSPS) is 12.2. The number of fused-ring (bicyclic) bond motifs is 1. The number of amides is 1. The van der Waals surface area contributed by atoms with Gasteiger partial charge >= 0.3 is 0 Å². The zero-order valence-corrected chi connectivity index (χ0v) is 13.9. The highest BCUT2D eigenvalue weighted by Crippen LogP contribution is 2.18. The molecule has 1 amide bonds. The van der Waals surface area contributed by atoms with E-state index >= 15 is 0 Å². The average Bonchev–Trinajstić information content (AvgIpc) is 2.85. The number of rotatable bonds is 4. The fourth-order valence-electron chi connectivity index (χ4n) is 2.26. The van der Waals surface area contributed by atoms with Gasteiger partial charge in [-0.2, -0.15) is 0 Å². The molecule has 7 heteroatoms. The first-order valence-corrected chi connectivity index (χ1v) is 8.98. The number of anilines is 1. The summed E-state index contributed by atoms with van der Waals surface area (Å²) in [6.07, 6.45) is 1.65. The highest BCUT2D eigenvalue weighted by molar-refractivity contribution is 7.83. The molecule has 0 saturated carbocycles.